The third kappa shape index (κ3) is 3.81. The standard InChI is InChI=1S/C11H17FN2S/c1-8-3-4-10(12)5-9(8)6-11(14-13)7-15-2/h3-5,11,14H,6-7,13H2,1-2H3. The number of rotatable bonds is 5. The summed E-state index contributed by atoms with van der Waals surface area (Å²) in [5, 5.41) is 0. The van der Waals surface area contributed by atoms with Crippen molar-refractivity contribution in [3.63, 3.8) is 0 Å². The van der Waals surface area contributed by atoms with Crippen molar-refractivity contribution in [3.8, 4) is 0 Å². The van der Waals surface area contributed by atoms with Crippen molar-refractivity contribution >= 4 is 11.8 Å². The van der Waals surface area contributed by atoms with Gasteiger partial charge >= 0.3 is 0 Å². The van der Waals surface area contributed by atoms with E-state index in [1.54, 1.807) is 23.9 Å². The average molecular weight is 228 g/mol. The summed E-state index contributed by atoms with van der Waals surface area (Å²) in [5.74, 6) is 6.18. The molecule has 0 amide bonds. The molecule has 1 aromatic carbocycles. The summed E-state index contributed by atoms with van der Waals surface area (Å²) in [6, 6.07) is 5.07. The predicted octanol–water partition coefficient (Wildman–Crippen LogP) is 1.87. The van der Waals surface area contributed by atoms with Gasteiger partial charge in [0.1, 0.15) is 5.82 Å². The summed E-state index contributed by atoms with van der Waals surface area (Å²) in [4.78, 5) is 0. The molecule has 15 heavy (non-hydrogen) atoms. The smallest absolute Gasteiger partial charge is 0.123 e. The lowest BCUT2D eigenvalue weighted by atomic mass is 10.0. The summed E-state index contributed by atoms with van der Waals surface area (Å²) in [5.41, 5.74) is 4.88. The summed E-state index contributed by atoms with van der Waals surface area (Å²) in [6.07, 6.45) is 2.80. The van der Waals surface area contributed by atoms with Crippen LogP contribution in [0.2, 0.25) is 0 Å². The molecular formula is C11H17FN2S. The van der Waals surface area contributed by atoms with E-state index >= 15 is 0 Å². The second-order valence-corrected chi connectivity index (χ2v) is 4.50. The molecule has 0 bridgehead atoms. The van der Waals surface area contributed by atoms with Crippen LogP contribution in [-0.4, -0.2) is 18.1 Å². The van der Waals surface area contributed by atoms with E-state index < -0.39 is 0 Å². The highest BCUT2D eigenvalue weighted by molar-refractivity contribution is 7.98. The summed E-state index contributed by atoms with van der Waals surface area (Å²) < 4.78 is 13.0. The zero-order chi connectivity index (χ0) is 11.3. The minimum Gasteiger partial charge on any atom is -0.271 e. The SMILES string of the molecule is CSCC(Cc1cc(F)ccc1C)NN. The van der Waals surface area contributed by atoms with Crippen molar-refractivity contribution in [2.75, 3.05) is 12.0 Å². The van der Waals surface area contributed by atoms with E-state index in [4.69, 9.17) is 5.84 Å². The van der Waals surface area contributed by atoms with E-state index in [2.05, 4.69) is 5.43 Å². The maximum Gasteiger partial charge on any atom is 0.123 e. The molecule has 1 atom stereocenters. The largest absolute Gasteiger partial charge is 0.271 e. The van der Waals surface area contributed by atoms with Crippen LogP contribution in [0.4, 0.5) is 4.39 Å². The lowest BCUT2D eigenvalue weighted by molar-refractivity contribution is 0.569. The molecule has 1 rings (SSSR count). The minimum atomic E-state index is -0.185. The molecule has 3 N–H and O–H groups in total. The Balaban J connectivity index is 2.73. The van der Waals surface area contributed by atoms with Gasteiger partial charge < -0.3 is 0 Å². The molecule has 1 unspecified atom stereocenters. The Hall–Kier alpha value is -0.580. The molecule has 0 spiro atoms. The van der Waals surface area contributed by atoms with E-state index in [9.17, 15) is 4.39 Å². The van der Waals surface area contributed by atoms with Crippen LogP contribution < -0.4 is 11.3 Å². The summed E-state index contributed by atoms with van der Waals surface area (Å²) in [6.45, 7) is 1.99. The van der Waals surface area contributed by atoms with Gasteiger partial charge in [-0.3, -0.25) is 11.3 Å². The maximum absolute atomic E-state index is 13.0. The molecule has 0 radical (unpaired) electrons. The molecule has 0 aliphatic rings. The van der Waals surface area contributed by atoms with E-state index in [0.29, 0.717) is 0 Å². The van der Waals surface area contributed by atoms with Crippen molar-refractivity contribution < 1.29 is 4.39 Å². The highest BCUT2D eigenvalue weighted by Crippen LogP contribution is 2.13. The first-order chi connectivity index (χ1) is 7.17. The van der Waals surface area contributed by atoms with Gasteiger partial charge in [0.15, 0.2) is 0 Å². The van der Waals surface area contributed by atoms with Gasteiger partial charge in [-0.25, -0.2) is 4.39 Å². The second-order valence-electron chi connectivity index (χ2n) is 3.59. The number of nitrogens with two attached hydrogens (primary N) is 1. The Morgan fingerprint density at radius 1 is 1.53 bits per heavy atom. The van der Waals surface area contributed by atoms with Crippen LogP contribution in [0.15, 0.2) is 18.2 Å². The fraction of sp³-hybridized carbons (Fsp3) is 0.455. The summed E-state index contributed by atoms with van der Waals surface area (Å²) in [7, 11) is 0. The number of thioether (sulfide) groups is 1. The number of hydrogen-bond acceptors (Lipinski definition) is 3. The minimum absolute atomic E-state index is 0.185. The van der Waals surface area contributed by atoms with Crippen LogP contribution in [0.25, 0.3) is 0 Å². The van der Waals surface area contributed by atoms with Crippen LogP contribution in [0, 0.1) is 12.7 Å². The Bertz CT molecular complexity index is 317. The molecule has 1 aromatic rings. The Kier molecular flexibility index (Phi) is 5.08. The monoisotopic (exact) mass is 228 g/mol. The van der Waals surface area contributed by atoms with Crippen LogP contribution >= 0.6 is 11.8 Å². The lowest BCUT2D eigenvalue weighted by Gasteiger charge is -2.15. The van der Waals surface area contributed by atoms with Gasteiger partial charge in [-0.05, 0) is 42.9 Å². The quantitative estimate of drug-likeness (QED) is 0.597. The second kappa shape index (κ2) is 6.10. The number of hydrazine groups is 1. The van der Waals surface area contributed by atoms with Crippen molar-refractivity contribution in [2.24, 2.45) is 5.84 Å². The van der Waals surface area contributed by atoms with Crippen molar-refractivity contribution in [1.82, 2.24) is 5.43 Å². The zero-order valence-corrected chi connectivity index (χ0v) is 9.90. The van der Waals surface area contributed by atoms with Crippen LogP contribution in [0.3, 0.4) is 0 Å². The van der Waals surface area contributed by atoms with Crippen molar-refractivity contribution in [2.45, 2.75) is 19.4 Å². The van der Waals surface area contributed by atoms with Gasteiger partial charge in [-0.2, -0.15) is 11.8 Å². The number of nitrogens with one attached hydrogen (secondary N) is 1. The predicted molar refractivity (Wildman–Crippen MR) is 64.3 cm³/mol. The molecule has 2 nitrogen and oxygen atoms in total. The molecule has 0 aromatic heterocycles. The van der Waals surface area contributed by atoms with Gasteiger partial charge in [-0.1, -0.05) is 6.07 Å². The molecule has 0 aliphatic carbocycles. The number of hydrogen-bond donors (Lipinski definition) is 2. The molecule has 0 saturated heterocycles. The fourth-order valence-corrected chi connectivity index (χ4v) is 2.11. The maximum atomic E-state index is 13.0. The lowest BCUT2D eigenvalue weighted by Crippen LogP contribution is -2.38. The first-order valence-corrected chi connectivity index (χ1v) is 6.27. The molecule has 84 valence electrons. The highest BCUT2D eigenvalue weighted by atomic mass is 32.2. The molecule has 0 aliphatic heterocycles. The highest BCUT2D eigenvalue weighted by Gasteiger charge is 2.09. The van der Waals surface area contributed by atoms with Crippen LogP contribution in [0.1, 0.15) is 11.1 Å². The van der Waals surface area contributed by atoms with Crippen LogP contribution in [-0.2, 0) is 6.42 Å². The zero-order valence-electron chi connectivity index (χ0n) is 9.09. The van der Waals surface area contributed by atoms with E-state index in [-0.39, 0.29) is 11.9 Å². The average Bonchev–Trinajstić information content (AvgIpc) is 2.22. The van der Waals surface area contributed by atoms with E-state index in [0.717, 1.165) is 23.3 Å². The van der Waals surface area contributed by atoms with Crippen molar-refractivity contribution in [3.05, 3.63) is 35.1 Å². The number of halogens is 1. The Labute approximate surface area is 94.4 Å². The van der Waals surface area contributed by atoms with Gasteiger partial charge in [0, 0.05) is 11.8 Å². The molecule has 0 saturated carbocycles. The van der Waals surface area contributed by atoms with Crippen LogP contribution in [0.5, 0.6) is 0 Å². The number of benzene rings is 1. The van der Waals surface area contributed by atoms with E-state index in [1.807, 2.05) is 13.2 Å². The summed E-state index contributed by atoms with van der Waals surface area (Å²) >= 11 is 1.73. The Morgan fingerprint density at radius 2 is 2.27 bits per heavy atom. The third-order valence-electron chi connectivity index (χ3n) is 2.38. The third-order valence-corrected chi connectivity index (χ3v) is 3.12. The Morgan fingerprint density at radius 3 is 2.87 bits per heavy atom. The van der Waals surface area contributed by atoms with Gasteiger partial charge in [0.2, 0.25) is 0 Å². The first-order valence-electron chi connectivity index (χ1n) is 4.87. The first kappa shape index (κ1) is 12.5. The van der Waals surface area contributed by atoms with Gasteiger partial charge in [-0.15, -0.1) is 0 Å². The normalized spacial score (nSPS) is 12.8. The molecular weight excluding hydrogens is 211 g/mol. The van der Waals surface area contributed by atoms with Gasteiger partial charge in [0.05, 0.1) is 0 Å². The molecule has 0 heterocycles. The number of aryl methyl sites for hydroxylation is 1. The van der Waals surface area contributed by atoms with Gasteiger partial charge in [0.25, 0.3) is 0 Å². The van der Waals surface area contributed by atoms with E-state index in [1.165, 1.54) is 6.07 Å². The fourth-order valence-electron chi connectivity index (χ4n) is 1.49. The van der Waals surface area contributed by atoms with Crippen molar-refractivity contribution in [1.29, 1.82) is 0 Å². The molecule has 0 fully saturated rings. The molecule has 4 heteroatoms. The topological polar surface area (TPSA) is 38.0 Å².